The summed E-state index contributed by atoms with van der Waals surface area (Å²) in [6.45, 7) is 0. The van der Waals surface area contributed by atoms with Crippen LogP contribution >= 0.6 is 11.6 Å². The second kappa shape index (κ2) is 9.13. The van der Waals surface area contributed by atoms with Gasteiger partial charge in [-0.05, 0) is 37.0 Å². The first-order chi connectivity index (χ1) is 10.3. The molecule has 0 heterocycles. The summed E-state index contributed by atoms with van der Waals surface area (Å²) in [5, 5.41) is 10.1. The second-order valence-electron chi connectivity index (χ2n) is 5.59. The molecule has 2 nitrogen and oxygen atoms in total. The summed E-state index contributed by atoms with van der Waals surface area (Å²) in [6.07, 6.45) is 1.67. The number of halogens is 4. The smallest absolute Gasteiger partial charge is 0.389 e. The summed E-state index contributed by atoms with van der Waals surface area (Å²) in [7, 11) is 0. The predicted octanol–water partition coefficient (Wildman–Crippen LogP) is 5.85. The average molecular weight is 338 g/mol. The van der Waals surface area contributed by atoms with Crippen LogP contribution in [0.5, 0.6) is 5.75 Å². The number of hydrogen-bond acceptors (Lipinski definition) is 2. The summed E-state index contributed by atoms with van der Waals surface area (Å²) < 4.78 is 35.8. The predicted molar refractivity (Wildman–Crippen MR) is 84.2 cm³/mol. The van der Waals surface area contributed by atoms with Gasteiger partial charge in [0.05, 0.1) is 5.69 Å². The molecule has 126 valence electrons. The molecule has 0 aliphatic rings. The highest BCUT2D eigenvalue weighted by atomic mass is 35.5. The Hall–Kier alpha value is -1.10. The average Bonchev–Trinajstić information content (AvgIpc) is 2.41. The molecule has 0 aromatic heterocycles. The number of alkyl halides is 3. The van der Waals surface area contributed by atoms with E-state index in [4.69, 9.17) is 17.3 Å². The third-order valence-corrected chi connectivity index (χ3v) is 3.95. The Labute approximate surface area is 134 Å². The van der Waals surface area contributed by atoms with E-state index < -0.39 is 12.6 Å². The maximum atomic E-state index is 11.9. The third kappa shape index (κ3) is 7.78. The van der Waals surface area contributed by atoms with Gasteiger partial charge in [-0.1, -0.05) is 43.7 Å². The minimum Gasteiger partial charge on any atom is -0.506 e. The van der Waals surface area contributed by atoms with Crippen molar-refractivity contribution >= 4 is 17.3 Å². The quantitative estimate of drug-likeness (QED) is 0.337. The number of phenols is 1. The molecule has 0 unspecified atom stereocenters. The van der Waals surface area contributed by atoms with Crippen molar-refractivity contribution in [3.63, 3.8) is 0 Å². The molecule has 0 atom stereocenters. The number of benzene rings is 1. The topological polar surface area (TPSA) is 46.2 Å². The van der Waals surface area contributed by atoms with E-state index in [2.05, 4.69) is 0 Å². The lowest BCUT2D eigenvalue weighted by molar-refractivity contribution is -0.135. The fourth-order valence-electron chi connectivity index (χ4n) is 2.34. The fraction of sp³-hybridized carbons (Fsp3) is 0.625. The van der Waals surface area contributed by atoms with Gasteiger partial charge < -0.3 is 10.8 Å². The highest BCUT2D eigenvalue weighted by Crippen LogP contribution is 2.29. The first-order valence-corrected chi connectivity index (χ1v) is 8.01. The zero-order chi connectivity index (χ0) is 16.6. The molecule has 1 aromatic carbocycles. The number of unbranched alkanes of at least 4 members (excludes halogenated alkanes) is 6. The van der Waals surface area contributed by atoms with E-state index >= 15 is 0 Å². The van der Waals surface area contributed by atoms with E-state index in [1.165, 1.54) is 0 Å². The minimum absolute atomic E-state index is 0.0454. The number of aryl methyl sites for hydroxylation is 1. The monoisotopic (exact) mass is 337 g/mol. The molecule has 0 radical (unpaired) electrons. The lowest BCUT2D eigenvalue weighted by Gasteiger charge is -2.08. The van der Waals surface area contributed by atoms with Gasteiger partial charge in [-0.15, -0.1) is 0 Å². The highest BCUT2D eigenvalue weighted by molar-refractivity contribution is 6.31. The second-order valence-corrected chi connectivity index (χ2v) is 6.00. The van der Waals surface area contributed by atoms with Crippen molar-refractivity contribution in [2.45, 2.75) is 64.0 Å². The first-order valence-electron chi connectivity index (χ1n) is 7.63. The number of rotatable bonds is 9. The number of nitrogens with two attached hydrogens (primary N) is 1. The molecule has 0 fully saturated rings. The van der Waals surface area contributed by atoms with Crippen LogP contribution in [0.2, 0.25) is 5.02 Å². The molecule has 1 rings (SSSR count). The number of phenolic OH excluding ortho intramolecular Hbond substituents is 1. The van der Waals surface area contributed by atoms with Crippen molar-refractivity contribution in [2.75, 3.05) is 5.73 Å². The van der Waals surface area contributed by atoms with Gasteiger partial charge in [-0.25, -0.2) is 0 Å². The van der Waals surface area contributed by atoms with E-state index in [1.54, 1.807) is 12.1 Å². The molecule has 0 aliphatic carbocycles. The highest BCUT2D eigenvalue weighted by Gasteiger charge is 2.25. The maximum Gasteiger partial charge on any atom is 0.389 e. The lowest BCUT2D eigenvalue weighted by Crippen LogP contribution is -2.06. The van der Waals surface area contributed by atoms with Gasteiger partial charge in [0.25, 0.3) is 0 Å². The number of nitrogen functional groups attached to an aromatic ring is 1. The van der Waals surface area contributed by atoms with Crippen LogP contribution in [0.3, 0.4) is 0 Å². The molecule has 1 aromatic rings. The summed E-state index contributed by atoms with van der Waals surface area (Å²) in [6, 6.07) is 3.14. The van der Waals surface area contributed by atoms with E-state index in [-0.39, 0.29) is 17.9 Å². The van der Waals surface area contributed by atoms with Crippen molar-refractivity contribution in [2.24, 2.45) is 0 Å². The van der Waals surface area contributed by atoms with Gasteiger partial charge in [-0.2, -0.15) is 13.2 Å². The molecule has 0 bridgehead atoms. The Balaban J connectivity index is 2.08. The molecule has 0 saturated heterocycles. The van der Waals surface area contributed by atoms with Crippen molar-refractivity contribution in [1.82, 2.24) is 0 Å². The Morgan fingerprint density at radius 2 is 1.50 bits per heavy atom. The van der Waals surface area contributed by atoms with Crippen LogP contribution in [-0.2, 0) is 6.42 Å². The van der Waals surface area contributed by atoms with Crippen molar-refractivity contribution in [3.8, 4) is 5.75 Å². The third-order valence-electron chi connectivity index (χ3n) is 3.60. The van der Waals surface area contributed by atoms with E-state index in [0.717, 1.165) is 44.1 Å². The normalized spacial score (nSPS) is 11.8. The first kappa shape index (κ1) is 18.9. The van der Waals surface area contributed by atoms with Gasteiger partial charge >= 0.3 is 6.18 Å². The van der Waals surface area contributed by atoms with E-state index in [9.17, 15) is 18.3 Å². The Kier molecular flexibility index (Phi) is 7.87. The molecule has 0 aliphatic heterocycles. The van der Waals surface area contributed by atoms with Crippen molar-refractivity contribution in [1.29, 1.82) is 0 Å². The van der Waals surface area contributed by atoms with Crippen LogP contribution in [0.15, 0.2) is 12.1 Å². The van der Waals surface area contributed by atoms with E-state index in [0.29, 0.717) is 11.4 Å². The minimum atomic E-state index is -4.02. The number of aromatic hydroxyl groups is 1. The summed E-state index contributed by atoms with van der Waals surface area (Å²) in [5.41, 5.74) is 6.69. The number of hydrogen-bond donors (Lipinski definition) is 2. The number of anilines is 1. The molecule has 3 N–H and O–H groups in total. The molecule has 6 heteroatoms. The van der Waals surface area contributed by atoms with Gasteiger partial charge in [0.15, 0.2) is 0 Å². The van der Waals surface area contributed by atoms with Crippen LogP contribution in [0.4, 0.5) is 18.9 Å². The molecule has 0 saturated carbocycles. The van der Waals surface area contributed by atoms with Gasteiger partial charge in [0.1, 0.15) is 5.75 Å². The Morgan fingerprint density at radius 3 is 2.09 bits per heavy atom. The SMILES string of the molecule is Nc1cc(Cl)c(CCCCCCCCCC(F)(F)F)cc1O. The standard InChI is InChI=1S/C16H23ClF3NO/c17-13-11-14(21)15(22)10-12(13)8-6-4-2-1-3-5-7-9-16(18,19)20/h10-11,22H,1-9,21H2. The summed E-state index contributed by atoms with van der Waals surface area (Å²) in [5.74, 6) is 0.0454. The van der Waals surface area contributed by atoms with Gasteiger partial charge in [-0.3, -0.25) is 0 Å². The molecule has 0 amide bonds. The summed E-state index contributed by atoms with van der Waals surface area (Å²) >= 11 is 6.05. The van der Waals surface area contributed by atoms with Crippen LogP contribution in [0.25, 0.3) is 0 Å². The lowest BCUT2D eigenvalue weighted by atomic mass is 10.0. The van der Waals surface area contributed by atoms with Crippen molar-refractivity contribution in [3.05, 3.63) is 22.7 Å². The van der Waals surface area contributed by atoms with Crippen LogP contribution in [0, 0.1) is 0 Å². The molecular formula is C16H23ClF3NO. The Bertz CT molecular complexity index is 463. The van der Waals surface area contributed by atoms with Crippen LogP contribution in [-0.4, -0.2) is 11.3 Å². The fourth-order valence-corrected chi connectivity index (χ4v) is 2.60. The van der Waals surface area contributed by atoms with E-state index in [1.807, 2.05) is 0 Å². The van der Waals surface area contributed by atoms with Gasteiger partial charge in [0.2, 0.25) is 0 Å². The Morgan fingerprint density at radius 1 is 0.955 bits per heavy atom. The van der Waals surface area contributed by atoms with Gasteiger partial charge in [0, 0.05) is 11.4 Å². The zero-order valence-electron chi connectivity index (χ0n) is 12.6. The van der Waals surface area contributed by atoms with Crippen molar-refractivity contribution < 1.29 is 18.3 Å². The van der Waals surface area contributed by atoms with Crippen LogP contribution in [0.1, 0.15) is 56.9 Å². The molecular weight excluding hydrogens is 315 g/mol. The summed E-state index contributed by atoms with van der Waals surface area (Å²) in [4.78, 5) is 0. The zero-order valence-corrected chi connectivity index (χ0v) is 13.3. The molecule has 22 heavy (non-hydrogen) atoms. The molecule has 0 spiro atoms. The maximum absolute atomic E-state index is 11.9. The van der Waals surface area contributed by atoms with Crippen LogP contribution < -0.4 is 5.73 Å². The largest absolute Gasteiger partial charge is 0.506 e.